The van der Waals surface area contributed by atoms with Gasteiger partial charge >= 0.3 is 12.2 Å². The molecule has 2 amide bonds. The highest BCUT2D eigenvalue weighted by Crippen LogP contribution is 2.31. The van der Waals surface area contributed by atoms with Crippen molar-refractivity contribution >= 4 is 29.2 Å². The number of nitrogens with one attached hydrogen (secondary N) is 2. The number of ether oxygens (including phenoxy) is 2. The summed E-state index contributed by atoms with van der Waals surface area (Å²) in [7, 11) is 0. The Morgan fingerprint density at radius 2 is 1.64 bits per heavy atom. The van der Waals surface area contributed by atoms with Crippen molar-refractivity contribution in [2.24, 2.45) is 0 Å². The molecule has 2 aromatic carbocycles. The Morgan fingerprint density at radius 1 is 0.905 bits per heavy atom. The summed E-state index contributed by atoms with van der Waals surface area (Å²) >= 11 is 0. The molecule has 0 fully saturated rings. The summed E-state index contributed by atoms with van der Waals surface area (Å²) in [6.45, 7) is 10.9. The predicted octanol–water partition coefficient (Wildman–Crippen LogP) is 7.72. The van der Waals surface area contributed by atoms with Crippen LogP contribution in [0.4, 0.5) is 15.4 Å². The van der Waals surface area contributed by atoms with Crippen LogP contribution in [-0.2, 0) is 17.7 Å². The van der Waals surface area contributed by atoms with Crippen LogP contribution < -0.4 is 15.4 Å². The van der Waals surface area contributed by atoms with Crippen molar-refractivity contribution in [2.75, 3.05) is 11.9 Å². The van der Waals surface area contributed by atoms with Gasteiger partial charge in [-0.1, -0.05) is 69.2 Å². The molecule has 0 spiro atoms. The number of fused-ring (bicyclic) bond motifs is 1. The molecule has 9 nitrogen and oxygen atoms in total. The van der Waals surface area contributed by atoms with E-state index in [0.29, 0.717) is 30.3 Å². The monoisotopic (exact) mass is 571 g/mol. The van der Waals surface area contributed by atoms with Crippen LogP contribution in [0.15, 0.2) is 60.7 Å². The molecule has 0 bridgehead atoms. The number of amides is 2. The van der Waals surface area contributed by atoms with Crippen molar-refractivity contribution < 1.29 is 19.1 Å². The molecule has 0 aliphatic rings. The highest BCUT2D eigenvalue weighted by atomic mass is 16.7. The molecular weight excluding hydrogens is 530 g/mol. The molecule has 0 saturated heterocycles. The van der Waals surface area contributed by atoms with Crippen LogP contribution in [0, 0.1) is 0 Å². The number of anilines is 1. The number of aryl methyl sites for hydroxylation is 1. The number of para-hydroxylation sites is 1. The highest BCUT2D eigenvalue weighted by molar-refractivity contribution is 5.89. The number of benzene rings is 2. The van der Waals surface area contributed by atoms with E-state index in [2.05, 4.69) is 46.2 Å². The van der Waals surface area contributed by atoms with E-state index in [9.17, 15) is 9.59 Å². The lowest BCUT2D eigenvalue weighted by atomic mass is 10.0. The predicted molar refractivity (Wildman–Crippen MR) is 166 cm³/mol. The number of carbonyl (C=O) groups excluding carboxylic acids is 2. The Kier molecular flexibility index (Phi) is 10.2. The van der Waals surface area contributed by atoms with Gasteiger partial charge in [-0.25, -0.2) is 19.6 Å². The summed E-state index contributed by atoms with van der Waals surface area (Å²) in [6, 6.07) is 19.1. The molecule has 222 valence electrons. The number of urea groups is 1. The number of hydrogen-bond acceptors (Lipinski definition) is 6. The fourth-order valence-electron chi connectivity index (χ4n) is 4.49. The van der Waals surface area contributed by atoms with E-state index in [0.717, 1.165) is 60.1 Å². The number of rotatable bonds is 11. The van der Waals surface area contributed by atoms with Gasteiger partial charge in [-0.15, -0.1) is 0 Å². The minimum absolute atomic E-state index is 0.265. The molecule has 42 heavy (non-hydrogen) atoms. The summed E-state index contributed by atoms with van der Waals surface area (Å²) in [6.07, 6.45) is 4.12. The molecule has 4 rings (SSSR count). The largest absolute Gasteiger partial charge is 0.514 e. The van der Waals surface area contributed by atoms with Gasteiger partial charge < -0.3 is 19.4 Å². The smallest absolute Gasteiger partial charge is 0.428 e. The first-order valence-corrected chi connectivity index (χ1v) is 14.7. The van der Waals surface area contributed by atoms with Gasteiger partial charge in [0.15, 0.2) is 5.65 Å². The van der Waals surface area contributed by atoms with E-state index in [1.165, 1.54) is 0 Å². The maximum absolute atomic E-state index is 12.3. The van der Waals surface area contributed by atoms with Crippen molar-refractivity contribution in [3.63, 3.8) is 0 Å². The highest BCUT2D eigenvalue weighted by Gasteiger charge is 2.20. The molecule has 0 aliphatic heterocycles. The lowest BCUT2D eigenvalue weighted by molar-refractivity contribution is 0.0207. The third-order valence-corrected chi connectivity index (χ3v) is 6.58. The van der Waals surface area contributed by atoms with Crippen LogP contribution >= 0.6 is 0 Å². The zero-order valence-electron chi connectivity index (χ0n) is 25.2. The second kappa shape index (κ2) is 14.0. The number of pyridine rings is 1. The quantitative estimate of drug-likeness (QED) is 0.108. The average Bonchev–Trinajstić information content (AvgIpc) is 3.28. The first kappa shape index (κ1) is 30.6. The van der Waals surface area contributed by atoms with Crippen LogP contribution in [0.5, 0.6) is 5.75 Å². The molecule has 2 aromatic heterocycles. The first-order valence-electron chi connectivity index (χ1n) is 14.7. The summed E-state index contributed by atoms with van der Waals surface area (Å²) < 4.78 is 13.1. The summed E-state index contributed by atoms with van der Waals surface area (Å²) in [4.78, 5) is 34.0. The number of carbonyl (C=O) groups is 2. The van der Waals surface area contributed by atoms with Crippen molar-refractivity contribution in [2.45, 2.75) is 78.9 Å². The van der Waals surface area contributed by atoms with Crippen LogP contribution in [0.3, 0.4) is 0 Å². The number of hydrogen-bond donors (Lipinski definition) is 2. The lowest BCUT2D eigenvalue weighted by Crippen LogP contribution is -2.29. The SMILES string of the molecule is CCCCNC(=O)Nc1ccc2c(n1)nc(CCCC)n2Cc1ccc(-c2ccccc2OC(=O)OC(C)(C)C)cc1. The normalized spacial score (nSPS) is 11.4. The lowest BCUT2D eigenvalue weighted by Gasteiger charge is -2.19. The minimum Gasteiger partial charge on any atom is -0.428 e. The molecular formula is C33H41N5O4. The van der Waals surface area contributed by atoms with Gasteiger partial charge in [-0.05, 0) is 62.9 Å². The van der Waals surface area contributed by atoms with Gasteiger partial charge in [0.25, 0.3) is 0 Å². The number of unbranched alkanes of at least 4 members (excludes halogenated alkanes) is 2. The Morgan fingerprint density at radius 3 is 2.36 bits per heavy atom. The van der Waals surface area contributed by atoms with Crippen LogP contribution in [-0.4, -0.2) is 38.9 Å². The summed E-state index contributed by atoms with van der Waals surface area (Å²) in [5, 5.41) is 5.66. The fourth-order valence-corrected chi connectivity index (χ4v) is 4.49. The van der Waals surface area contributed by atoms with E-state index in [4.69, 9.17) is 14.5 Å². The average molecular weight is 572 g/mol. The molecule has 0 saturated carbocycles. The van der Waals surface area contributed by atoms with Crippen molar-refractivity contribution in [1.82, 2.24) is 19.9 Å². The molecule has 9 heteroatoms. The van der Waals surface area contributed by atoms with Crippen LogP contribution in [0.25, 0.3) is 22.3 Å². The maximum Gasteiger partial charge on any atom is 0.514 e. The molecule has 4 aromatic rings. The molecule has 2 heterocycles. The molecule has 0 aliphatic carbocycles. The van der Waals surface area contributed by atoms with Gasteiger partial charge in [-0.2, -0.15) is 0 Å². The minimum atomic E-state index is -0.734. The third-order valence-electron chi connectivity index (χ3n) is 6.58. The van der Waals surface area contributed by atoms with E-state index < -0.39 is 11.8 Å². The topological polar surface area (TPSA) is 107 Å². The van der Waals surface area contributed by atoms with E-state index in [1.807, 2.05) is 42.5 Å². The summed E-state index contributed by atoms with van der Waals surface area (Å²) in [5.74, 6) is 1.88. The van der Waals surface area contributed by atoms with E-state index >= 15 is 0 Å². The second-order valence-corrected chi connectivity index (χ2v) is 11.3. The first-order chi connectivity index (χ1) is 20.2. The Balaban J connectivity index is 1.54. The molecule has 0 unspecified atom stereocenters. The van der Waals surface area contributed by atoms with Gasteiger partial charge in [-0.3, -0.25) is 5.32 Å². The van der Waals surface area contributed by atoms with Crippen molar-refractivity contribution in [3.8, 4) is 16.9 Å². The number of aromatic nitrogens is 3. The molecule has 0 radical (unpaired) electrons. The molecule has 2 N–H and O–H groups in total. The Bertz CT molecular complexity index is 1510. The Labute approximate surface area is 247 Å². The van der Waals surface area contributed by atoms with Crippen molar-refractivity contribution in [3.05, 3.63) is 72.1 Å². The number of nitrogens with zero attached hydrogens (tertiary/aromatic N) is 3. The maximum atomic E-state index is 12.3. The van der Waals surface area contributed by atoms with Gasteiger partial charge in [0, 0.05) is 25.1 Å². The fraction of sp³-hybridized carbons (Fsp3) is 0.394. The Hall–Kier alpha value is -4.40. The zero-order valence-corrected chi connectivity index (χ0v) is 25.2. The zero-order chi connectivity index (χ0) is 30.1. The third kappa shape index (κ3) is 8.31. The van der Waals surface area contributed by atoms with Crippen LogP contribution in [0.2, 0.25) is 0 Å². The van der Waals surface area contributed by atoms with Crippen LogP contribution in [0.1, 0.15) is 71.7 Å². The van der Waals surface area contributed by atoms with E-state index in [-0.39, 0.29) is 6.03 Å². The van der Waals surface area contributed by atoms with Gasteiger partial charge in [0.05, 0.1) is 5.52 Å². The van der Waals surface area contributed by atoms with Crippen molar-refractivity contribution in [1.29, 1.82) is 0 Å². The summed E-state index contributed by atoms with van der Waals surface area (Å²) in [5.41, 5.74) is 3.70. The number of imidazole rings is 1. The standard InChI is InChI=1S/C33H41N5O4/c1-6-8-14-29-37-30-26(19-20-28(35-30)36-31(39)34-21-9-7-2)38(29)22-23-15-17-24(18-16-23)25-12-10-11-13-27(25)41-32(40)42-33(3,4)5/h10-13,15-20H,6-9,14,21-22H2,1-5H3,(H2,34,35,36,39). The molecule has 0 atom stereocenters. The van der Waals surface area contributed by atoms with Gasteiger partial charge in [0.2, 0.25) is 0 Å². The second-order valence-electron chi connectivity index (χ2n) is 11.3. The van der Waals surface area contributed by atoms with E-state index in [1.54, 1.807) is 26.8 Å². The van der Waals surface area contributed by atoms with Gasteiger partial charge in [0.1, 0.15) is 23.0 Å².